The third-order valence-corrected chi connectivity index (χ3v) is 4.96. The second-order valence-corrected chi connectivity index (χ2v) is 8.09. The van der Waals surface area contributed by atoms with E-state index in [-0.39, 0.29) is 17.2 Å². The minimum absolute atomic E-state index is 0.0599. The molecule has 0 heterocycles. The largest absolute Gasteiger partial charge is 0.435 e. The lowest BCUT2D eigenvalue weighted by Gasteiger charge is -2.08. The number of benzene rings is 2. The summed E-state index contributed by atoms with van der Waals surface area (Å²) in [6.07, 6.45) is 0. The molecule has 0 fully saturated rings. The maximum Gasteiger partial charge on any atom is 0.387 e. The average Bonchev–Trinajstić information content (AvgIpc) is 2.47. The first kappa shape index (κ1) is 19.3. The van der Waals surface area contributed by atoms with Gasteiger partial charge in [-0.3, -0.25) is 4.79 Å². The Kier molecular flexibility index (Phi) is 6.49. The molecule has 1 N–H and O–H groups in total. The summed E-state index contributed by atoms with van der Waals surface area (Å²) < 4.78 is 53.3. The summed E-state index contributed by atoms with van der Waals surface area (Å²) in [4.78, 5) is 11.9. The van der Waals surface area contributed by atoms with Crippen LogP contribution in [-0.4, -0.2) is 26.7 Å². The van der Waals surface area contributed by atoms with Gasteiger partial charge in [-0.25, -0.2) is 8.42 Å². The first-order valence-corrected chi connectivity index (χ1v) is 9.64. The molecule has 2 aromatic rings. The molecule has 0 bridgehead atoms. The van der Waals surface area contributed by atoms with Gasteiger partial charge in [-0.15, -0.1) is 0 Å². The number of ether oxygens (including phenoxy) is 1. The van der Waals surface area contributed by atoms with Crippen molar-refractivity contribution in [1.82, 2.24) is 0 Å². The number of carbonyl (C=O) groups is 1. The average molecular weight is 434 g/mol. The van der Waals surface area contributed by atoms with Crippen molar-refractivity contribution in [3.05, 3.63) is 58.6 Å². The number of alkyl halides is 2. The zero-order chi connectivity index (χ0) is 18.4. The van der Waals surface area contributed by atoms with Gasteiger partial charge in [-0.1, -0.05) is 28.1 Å². The molecule has 0 aromatic heterocycles. The molecular formula is C16H14BrF2NO4S. The van der Waals surface area contributed by atoms with Gasteiger partial charge in [-0.2, -0.15) is 8.78 Å². The third-order valence-electron chi connectivity index (χ3n) is 2.99. The monoisotopic (exact) mass is 433 g/mol. The second kappa shape index (κ2) is 8.39. The van der Waals surface area contributed by atoms with Crippen molar-refractivity contribution in [2.45, 2.75) is 12.4 Å². The summed E-state index contributed by atoms with van der Waals surface area (Å²) in [6.45, 7) is -2.94. The maximum absolute atomic E-state index is 12.1. The zero-order valence-corrected chi connectivity index (χ0v) is 15.2. The van der Waals surface area contributed by atoms with E-state index in [9.17, 15) is 22.0 Å². The molecule has 5 nitrogen and oxygen atoms in total. The molecule has 0 aliphatic heterocycles. The van der Waals surface area contributed by atoms with Crippen LogP contribution in [-0.2, 0) is 20.4 Å². The number of halogens is 3. The van der Waals surface area contributed by atoms with E-state index in [0.29, 0.717) is 5.56 Å². The number of amides is 1. The summed E-state index contributed by atoms with van der Waals surface area (Å²) in [5.74, 6) is -1.72. The molecular weight excluding hydrogens is 420 g/mol. The van der Waals surface area contributed by atoms with Crippen molar-refractivity contribution in [2.75, 3.05) is 11.1 Å². The molecule has 0 spiro atoms. The van der Waals surface area contributed by atoms with Crippen LogP contribution >= 0.6 is 15.9 Å². The van der Waals surface area contributed by atoms with Gasteiger partial charge in [0.1, 0.15) is 11.5 Å². The van der Waals surface area contributed by atoms with E-state index in [0.717, 1.165) is 4.47 Å². The second-order valence-electron chi connectivity index (χ2n) is 5.11. The molecule has 9 heteroatoms. The lowest BCUT2D eigenvalue weighted by Crippen LogP contribution is -2.23. The van der Waals surface area contributed by atoms with Gasteiger partial charge < -0.3 is 10.1 Å². The molecule has 25 heavy (non-hydrogen) atoms. The number of nitrogens with one attached hydrogen (secondary N) is 1. The van der Waals surface area contributed by atoms with Crippen molar-refractivity contribution < 1.29 is 26.7 Å². The fourth-order valence-corrected chi connectivity index (χ4v) is 3.76. The van der Waals surface area contributed by atoms with Crippen molar-refractivity contribution in [1.29, 1.82) is 0 Å². The minimum Gasteiger partial charge on any atom is -0.435 e. The highest BCUT2D eigenvalue weighted by Crippen LogP contribution is 2.18. The Morgan fingerprint density at radius 2 is 1.84 bits per heavy atom. The van der Waals surface area contributed by atoms with Crippen LogP contribution in [0.3, 0.4) is 0 Å². The Labute approximate surface area is 152 Å². The normalized spacial score (nSPS) is 11.4. The number of carbonyl (C=O) groups excluding carboxylic acids is 1. The molecule has 0 unspecified atom stereocenters. The Hall–Kier alpha value is -2.00. The molecule has 134 valence electrons. The fraction of sp³-hybridized carbons (Fsp3) is 0.188. The maximum atomic E-state index is 12.1. The van der Waals surface area contributed by atoms with E-state index in [2.05, 4.69) is 26.0 Å². The third kappa shape index (κ3) is 6.79. The van der Waals surface area contributed by atoms with Gasteiger partial charge in [0.15, 0.2) is 9.84 Å². The first-order chi connectivity index (χ1) is 11.7. The summed E-state index contributed by atoms with van der Waals surface area (Å²) in [7, 11) is -3.65. The number of sulfone groups is 1. The molecule has 1 amide bonds. The lowest BCUT2D eigenvalue weighted by atomic mass is 10.2. The number of hydrogen-bond acceptors (Lipinski definition) is 4. The Bertz CT molecular complexity index is 841. The summed E-state index contributed by atoms with van der Waals surface area (Å²) >= 11 is 3.25. The highest BCUT2D eigenvalue weighted by Gasteiger charge is 2.18. The Morgan fingerprint density at radius 1 is 1.16 bits per heavy atom. The van der Waals surface area contributed by atoms with Gasteiger partial charge in [0, 0.05) is 10.2 Å². The molecule has 0 saturated carbocycles. The van der Waals surface area contributed by atoms with Crippen LogP contribution in [0, 0.1) is 0 Å². The SMILES string of the molecule is O=C(CS(=O)(=O)Cc1cccc(Br)c1)Nc1ccc(OC(F)F)cc1. The van der Waals surface area contributed by atoms with Crippen LogP contribution in [0.15, 0.2) is 53.0 Å². The Balaban J connectivity index is 1.94. The summed E-state index contributed by atoms with van der Waals surface area (Å²) in [5.41, 5.74) is 0.847. The molecule has 0 aliphatic rings. The smallest absolute Gasteiger partial charge is 0.387 e. The molecule has 0 radical (unpaired) electrons. The van der Waals surface area contributed by atoms with E-state index in [1.165, 1.54) is 24.3 Å². The zero-order valence-electron chi connectivity index (χ0n) is 12.8. The van der Waals surface area contributed by atoms with Crippen LogP contribution in [0.1, 0.15) is 5.56 Å². The molecule has 2 aromatic carbocycles. The fourth-order valence-electron chi connectivity index (χ4n) is 2.05. The van der Waals surface area contributed by atoms with Gasteiger partial charge in [-0.05, 0) is 42.0 Å². The van der Waals surface area contributed by atoms with E-state index < -0.39 is 28.1 Å². The van der Waals surface area contributed by atoms with Crippen molar-refractivity contribution >= 4 is 37.4 Å². The predicted molar refractivity (Wildman–Crippen MR) is 93.3 cm³/mol. The quantitative estimate of drug-likeness (QED) is 0.723. The highest BCUT2D eigenvalue weighted by atomic mass is 79.9. The van der Waals surface area contributed by atoms with E-state index in [1.807, 2.05) is 0 Å². The van der Waals surface area contributed by atoms with E-state index >= 15 is 0 Å². The minimum atomic E-state index is -3.65. The van der Waals surface area contributed by atoms with Gasteiger partial charge in [0.05, 0.1) is 5.75 Å². The van der Waals surface area contributed by atoms with Crippen LogP contribution < -0.4 is 10.1 Å². The molecule has 0 atom stereocenters. The van der Waals surface area contributed by atoms with Gasteiger partial charge in [0.25, 0.3) is 0 Å². The number of rotatable bonds is 7. The van der Waals surface area contributed by atoms with Crippen molar-refractivity contribution in [2.24, 2.45) is 0 Å². The van der Waals surface area contributed by atoms with Crippen molar-refractivity contribution in [3.63, 3.8) is 0 Å². The molecule has 2 rings (SSSR count). The molecule has 0 aliphatic carbocycles. The number of anilines is 1. The highest BCUT2D eigenvalue weighted by molar-refractivity contribution is 9.10. The summed E-state index contributed by atoms with van der Waals surface area (Å²) in [6, 6.07) is 12.0. The topological polar surface area (TPSA) is 72.5 Å². The van der Waals surface area contributed by atoms with Crippen LogP contribution in [0.5, 0.6) is 5.75 Å². The lowest BCUT2D eigenvalue weighted by molar-refractivity contribution is -0.113. The van der Waals surface area contributed by atoms with E-state index in [4.69, 9.17) is 0 Å². The van der Waals surface area contributed by atoms with E-state index in [1.54, 1.807) is 24.3 Å². The van der Waals surface area contributed by atoms with Crippen LogP contribution in [0.4, 0.5) is 14.5 Å². The standard InChI is InChI=1S/C16H14BrF2NO4S/c17-12-3-1-2-11(8-12)9-25(22,23)10-15(21)20-13-4-6-14(7-5-13)24-16(18)19/h1-8,16H,9-10H2,(H,20,21). The van der Waals surface area contributed by atoms with Crippen LogP contribution in [0.25, 0.3) is 0 Å². The number of hydrogen-bond donors (Lipinski definition) is 1. The van der Waals surface area contributed by atoms with Crippen LogP contribution in [0.2, 0.25) is 0 Å². The first-order valence-electron chi connectivity index (χ1n) is 7.03. The van der Waals surface area contributed by atoms with Gasteiger partial charge in [0.2, 0.25) is 5.91 Å². The Morgan fingerprint density at radius 3 is 2.44 bits per heavy atom. The summed E-state index contributed by atoms with van der Waals surface area (Å²) in [5, 5.41) is 2.41. The van der Waals surface area contributed by atoms with Gasteiger partial charge >= 0.3 is 6.61 Å². The molecule has 0 saturated heterocycles. The van der Waals surface area contributed by atoms with Crippen molar-refractivity contribution in [3.8, 4) is 5.75 Å². The predicted octanol–water partition coefficient (Wildman–Crippen LogP) is 3.60.